The molecule has 1 heterocycles. The number of benzene rings is 1. The summed E-state index contributed by atoms with van der Waals surface area (Å²) in [4.78, 5) is 22.0. The van der Waals surface area contributed by atoms with Crippen molar-refractivity contribution in [1.82, 2.24) is 5.32 Å². The Balaban J connectivity index is 2.04. The molecule has 19 heavy (non-hydrogen) atoms. The molecular formula is C12H14ClN3O3. The predicted octanol–water partition coefficient (Wildman–Crippen LogP) is 2.19. The minimum atomic E-state index is -0.557. The van der Waals surface area contributed by atoms with Crippen molar-refractivity contribution < 1.29 is 9.72 Å². The second-order valence-electron chi connectivity index (χ2n) is 4.46. The molecule has 0 saturated carbocycles. The van der Waals surface area contributed by atoms with Crippen LogP contribution in [-0.2, 0) is 4.79 Å². The molecule has 102 valence electrons. The zero-order valence-electron chi connectivity index (χ0n) is 10.2. The van der Waals surface area contributed by atoms with Gasteiger partial charge in [0.15, 0.2) is 0 Å². The van der Waals surface area contributed by atoms with E-state index in [9.17, 15) is 14.9 Å². The summed E-state index contributed by atoms with van der Waals surface area (Å²) in [6.07, 6.45) is 1.82. The molecule has 0 bridgehead atoms. The zero-order chi connectivity index (χ0) is 13.8. The van der Waals surface area contributed by atoms with Crippen LogP contribution in [0.2, 0.25) is 5.02 Å². The van der Waals surface area contributed by atoms with E-state index in [1.165, 1.54) is 18.2 Å². The first-order chi connectivity index (χ1) is 9.08. The van der Waals surface area contributed by atoms with Crippen molar-refractivity contribution in [2.45, 2.75) is 12.8 Å². The second kappa shape index (κ2) is 5.99. The molecule has 0 spiro atoms. The number of anilines is 1. The molecule has 2 rings (SSSR count). The third-order valence-electron chi connectivity index (χ3n) is 3.08. The van der Waals surface area contributed by atoms with Crippen molar-refractivity contribution in [2.75, 3.05) is 18.4 Å². The molecular weight excluding hydrogens is 270 g/mol. The number of rotatable bonds is 3. The Morgan fingerprint density at radius 1 is 1.53 bits per heavy atom. The van der Waals surface area contributed by atoms with Crippen LogP contribution in [-0.4, -0.2) is 23.9 Å². The largest absolute Gasteiger partial charge is 0.326 e. The number of nitrogens with one attached hydrogen (secondary N) is 2. The fraction of sp³-hybridized carbons (Fsp3) is 0.417. The summed E-state index contributed by atoms with van der Waals surface area (Å²) in [6.45, 7) is 1.60. The Morgan fingerprint density at radius 3 is 2.89 bits per heavy atom. The number of nitrogens with zero attached hydrogens (tertiary/aromatic N) is 1. The molecule has 1 saturated heterocycles. The van der Waals surface area contributed by atoms with Gasteiger partial charge in [-0.2, -0.15) is 0 Å². The number of nitro groups is 1. The molecule has 0 radical (unpaired) electrons. The minimum Gasteiger partial charge on any atom is -0.326 e. The maximum absolute atomic E-state index is 12.0. The van der Waals surface area contributed by atoms with Crippen LogP contribution in [0.3, 0.4) is 0 Å². The number of carbonyl (C=O) groups is 1. The lowest BCUT2D eigenvalue weighted by atomic mass is 9.99. The Kier molecular flexibility index (Phi) is 4.34. The molecule has 2 N–H and O–H groups in total. The Morgan fingerprint density at radius 2 is 2.32 bits per heavy atom. The van der Waals surface area contributed by atoms with Crippen LogP contribution in [0.25, 0.3) is 0 Å². The van der Waals surface area contributed by atoms with Gasteiger partial charge in [-0.05, 0) is 31.5 Å². The van der Waals surface area contributed by atoms with E-state index in [0.29, 0.717) is 12.2 Å². The first-order valence-electron chi connectivity index (χ1n) is 6.03. The van der Waals surface area contributed by atoms with E-state index < -0.39 is 4.92 Å². The van der Waals surface area contributed by atoms with E-state index in [1.54, 1.807) is 0 Å². The highest BCUT2D eigenvalue weighted by molar-refractivity contribution is 6.33. The van der Waals surface area contributed by atoms with Crippen molar-refractivity contribution in [2.24, 2.45) is 5.92 Å². The van der Waals surface area contributed by atoms with Gasteiger partial charge >= 0.3 is 0 Å². The van der Waals surface area contributed by atoms with Crippen LogP contribution in [0.15, 0.2) is 18.2 Å². The standard InChI is InChI=1S/C12H14ClN3O3/c13-10-6-9(3-4-11(10)16(18)19)15-12(17)8-2-1-5-14-7-8/h3-4,6,8,14H,1-2,5,7H2,(H,15,17). The van der Waals surface area contributed by atoms with Gasteiger partial charge in [0.1, 0.15) is 5.02 Å². The topological polar surface area (TPSA) is 84.3 Å². The van der Waals surface area contributed by atoms with Crippen molar-refractivity contribution >= 4 is 28.9 Å². The average molecular weight is 284 g/mol. The highest BCUT2D eigenvalue weighted by atomic mass is 35.5. The van der Waals surface area contributed by atoms with Crippen LogP contribution < -0.4 is 10.6 Å². The first-order valence-corrected chi connectivity index (χ1v) is 6.41. The van der Waals surface area contributed by atoms with E-state index in [2.05, 4.69) is 10.6 Å². The highest BCUT2D eigenvalue weighted by Crippen LogP contribution is 2.27. The highest BCUT2D eigenvalue weighted by Gasteiger charge is 2.21. The zero-order valence-corrected chi connectivity index (χ0v) is 10.9. The molecule has 1 aromatic rings. The van der Waals surface area contributed by atoms with Crippen molar-refractivity contribution in [3.63, 3.8) is 0 Å². The molecule has 1 aromatic carbocycles. The molecule has 1 atom stereocenters. The first kappa shape index (κ1) is 13.8. The normalized spacial score (nSPS) is 18.9. The van der Waals surface area contributed by atoms with Crippen molar-refractivity contribution in [1.29, 1.82) is 0 Å². The summed E-state index contributed by atoms with van der Waals surface area (Å²) in [5.74, 6) is -0.153. The van der Waals surface area contributed by atoms with Crippen LogP contribution >= 0.6 is 11.6 Å². The number of carbonyl (C=O) groups excluding carboxylic acids is 1. The van der Waals surface area contributed by atoms with Crippen LogP contribution in [0, 0.1) is 16.0 Å². The molecule has 1 aliphatic rings. The molecule has 1 amide bonds. The Bertz CT molecular complexity index is 501. The quantitative estimate of drug-likeness (QED) is 0.658. The van der Waals surface area contributed by atoms with Crippen molar-refractivity contribution in [3.05, 3.63) is 33.3 Å². The second-order valence-corrected chi connectivity index (χ2v) is 4.86. The van der Waals surface area contributed by atoms with Gasteiger partial charge in [0, 0.05) is 18.3 Å². The summed E-state index contributed by atoms with van der Waals surface area (Å²) in [7, 11) is 0. The van der Waals surface area contributed by atoms with Gasteiger partial charge in [0.2, 0.25) is 5.91 Å². The molecule has 1 unspecified atom stereocenters. The number of piperidine rings is 1. The van der Waals surface area contributed by atoms with Gasteiger partial charge < -0.3 is 10.6 Å². The van der Waals surface area contributed by atoms with Gasteiger partial charge in [-0.1, -0.05) is 11.6 Å². The van der Waals surface area contributed by atoms with Gasteiger partial charge in [0.25, 0.3) is 5.69 Å². The lowest BCUT2D eigenvalue weighted by Gasteiger charge is -2.21. The molecule has 1 aliphatic heterocycles. The van der Waals surface area contributed by atoms with Crippen molar-refractivity contribution in [3.8, 4) is 0 Å². The number of halogens is 1. The predicted molar refractivity (Wildman–Crippen MR) is 72.3 cm³/mol. The molecule has 0 aromatic heterocycles. The lowest BCUT2D eigenvalue weighted by molar-refractivity contribution is -0.384. The average Bonchev–Trinajstić information content (AvgIpc) is 2.39. The maximum atomic E-state index is 12.0. The van der Waals surface area contributed by atoms with Crippen LogP contribution in [0.5, 0.6) is 0 Å². The van der Waals surface area contributed by atoms with E-state index in [-0.39, 0.29) is 22.5 Å². The van der Waals surface area contributed by atoms with E-state index in [4.69, 9.17) is 11.6 Å². The van der Waals surface area contributed by atoms with E-state index in [0.717, 1.165) is 19.4 Å². The fourth-order valence-corrected chi connectivity index (χ4v) is 2.30. The minimum absolute atomic E-state index is 0.0181. The Hall–Kier alpha value is -1.66. The van der Waals surface area contributed by atoms with Crippen LogP contribution in [0.4, 0.5) is 11.4 Å². The van der Waals surface area contributed by atoms with Gasteiger partial charge in [-0.3, -0.25) is 14.9 Å². The summed E-state index contributed by atoms with van der Waals surface area (Å²) >= 11 is 5.79. The number of amides is 1. The molecule has 7 heteroatoms. The Labute approximate surface area is 115 Å². The molecule has 0 aliphatic carbocycles. The van der Waals surface area contributed by atoms with E-state index >= 15 is 0 Å². The lowest BCUT2D eigenvalue weighted by Crippen LogP contribution is -2.37. The molecule has 6 nitrogen and oxygen atoms in total. The van der Waals surface area contributed by atoms with Gasteiger partial charge in [-0.25, -0.2) is 0 Å². The van der Waals surface area contributed by atoms with Crippen LogP contribution in [0.1, 0.15) is 12.8 Å². The summed E-state index contributed by atoms with van der Waals surface area (Å²) < 4.78 is 0. The summed E-state index contributed by atoms with van der Waals surface area (Å²) in [6, 6.07) is 4.17. The number of hydrogen-bond acceptors (Lipinski definition) is 4. The third kappa shape index (κ3) is 3.42. The summed E-state index contributed by atoms with van der Waals surface area (Å²) in [5.41, 5.74) is 0.310. The van der Waals surface area contributed by atoms with Gasteiger partial charge in [0.05, 0.1) is 10.8 Å². The van der Waals surface area contributed by atoms with Gasteiger partial charge in [-0.15, -0.1) is 0 Å². The van der Waals surface area contributed by atoms with E-state index in [1.807, 2.05) is 0 Å². The smallest absolute Gasteiger partial charge is 0.288 e. The maximum Gasteiger partial charge on any atom is 0.288 e. The molecule has 1 fully saturated rings. The monoisotopic (exact) mass is 283 g/mol. The number of nitro benzene ring substituents is 1. The summed E-state index contributed by atoms with van der Waals surface area (Å²) in [5, 5.41) is 16.5. The number of hydrogen-bond donors (Lipinski definition) is 2. The fourth-order valence-electron chi connectivity index (χ4n) is 2.05. The third-order valence-corrected chi connectivity index (χ3v) is 3.38. The SMILES string of the molecule is O=C(Nc1ccc([N+](=O)[O-])c(Cl)c1)C1CCCNC1.